The molecule has 8 heteroatoms. The van der Waals surface area contributed by atoms with Gasteiger partial charge in [-0.1, -0.05) is 221 Å². The number of benzene rings is 10. The molecule has 0 fully saturated rings. The first-order valence-electron chi connectivity index (χ1n) is 21.9. The first kappa shape index (κ1) is 44.5. The molecular weight excluding hydrogens is 946 g/mol. The van der Waals surface area contributed by atoms with Crippen molar-refractivity contribution in [3.05, 3.63) is 245 Å². The van der Waals surface area contributed by atoms with Crippen LogP contribution in [0.25, 0.3) is 99.5 Å². The van der Waals surface area contributed by atoms with Crippen molar-refractivity contribution < 1.29 is 18.5 Å². The molecule has 4 nitrogen and oxygen atoms in total. The molecule has 1 N–H and O–H groups in total. The summed E-state index contributed by atoms with van der Waals surface area (Å²) in [6.07, 6.45) is 0. The zero-order chi connectivity index (χ0) is 46.4. The van der Waals surface area contributed by atoms with Gasteiger partial charge in [-0.25, -0.2) is 0 Å². The maximum Gasteiger partial charge on any atom is 0.569 e. The van der Waals surface area contributed by atoms with Crippen LogP contribution in [0.1, 0.15) is 0 Å². The molecule has 1 radical (unpaired) electrons. The van der Waals surface area contributed by atoms with Crippen LogP contribution in [0, 0.1) is 0 Å². The van der Waals surface area contributed by atoms with E-state index in [4.69, 9.17) is 37.1 Å². The van der Waals surface area contributed by atoms with Gasteiger partial charge in [-0.15, -0.1) is 0 Å². The maximum atomic E-state index is 8.21. The number of halogens is 3. The molecule has 0 saturated heterocycles. The highest BCUT2D eigenvalue weighted by Gasteiger charge is 2.17. The lowest BCUT2D eigenvalue weighted by molar-refractivity contribution is 0.454. The van der Waals surface area contributed by atoms with Crippen LogP contribution in [0.3, 0.4) is 0 Å². The summed E-state index contributed by atoms with van der Waals surface area (Å²) in [5.74, 6) is 0.562. The number of hydrogen-bond acceptors (Lipinski definition) is 4. The van der Waals surface area contributed by atoms with Crippen LogP contribution >= 0.6 is 39.1 Å². The Morgan fingerprint density at radius 2 is 0.647 bits per heavy atom. The van der Waals surface area contributed by atoms with Gasteiger partial charge in [-0.3, -0.25) is 0 Å². The summed E-state index contributed by atoms with van der Waals surface area (Å²) < 4.78 is 18.7. The average Bonchev–Trinajstić information content (AvgIpc) is 3.98. The van der Waals surface area contributed by atoms with E-state index in [0.29, 0.717) is 18.5 Å². The second kappa shape index (κ2) is 20.3. The van der Waals surface area contributed by atoms with Crippen LogP contribution in [0.5, 0.6) is 5.75 Å². The first-order chi connectivity index (χ1) is 33.4. The van der Waals surface area contributed by atoms with E-state index in [1.54, 1.807) is 24.3 Å². The molecular formula is C60H39BBrCl2O4. The van der Waals surface area contributed by atoms with Gasteiger partial charge in [0, 0.05) is 58.3 Å². The molecule has 10 aromatic carbocycles. The molecule has 2 aromatic heterocycles. The van der Waals surface area contributed by atoms with E-state index >= 15 is 0 Å². The quantitative estimate of drug-likeness (QED) is 0.162. The maximum absolute atomic E-state index is 8.21. The summed E-state index contributed by atoms with van der Waals surface area (Å²) in [6.45, 7) is 0. The molecule has 0 unspecified atom stereocenters. The van der Waals surface area contributed by atoms with E-state index in [-0.39, 0.29) is 0 Å². The van der Waals surface area contributed by atoms with Crippen LogP contribution < -0.4 is 4.65 Å². The van der Waals surface area contributed by atoms with Crippen molar-refractivity contribution >= 4 is 90.7 Å². The summed E-state index contributed by atoms with van der Waals surface area (Å²) >= 11 is 15.1. The zero-order valence-corrected chi connectivity index (χ0v) is 39.4. The van der Waals surface area contributed by atoms with Gasteiger partial charge in [0.15, 0.2) is 0 Å². The van der Waals surface area contributed by atoms with Gasteiger partial charge in [-0.2, -0.15) is 0 Å². The van der Waals surface area contributed by atoms with Gasteiger partial charge >= 0.3 is 7.69 Å². The highest BCUT2D eigenvalue weighted by Crippen LogP contribution is 2.42. The average molecular weight is 986 g/mol. The largest absolute Gasteiger partial charge is 0.569 e. The highest BCUT2D eigenvalue weighted by atomic mass is 79.9. The molecule has 0 atom stereocenters. The summed E-state index contributed by atoms with van der Waals surface area (Å²) in [5, 5.41) is 14.2. The van der Waals surface area contributed by atoms with E-state index in [0.717, 1.165) is 103 Å². The number of furan rings is 2. The molecule has 0 saturated carbocycles. The van der Waals surface area contributed by atoms with E-state index < -0.39 is 0 Å². The van der Waals surface area contributed by atoms with Crippen LogP contribution in [-0.4, -0.2) is 12.7 Å². The predicted molar refractivity (Wildman–Crippen MR) is 287 cm³/mol. The fraction of sp³-hybridized carbons (Fsp3) is 0. The SMILES string of the molecule is Brc1ccc(-c2cccc3c2oc2c(-c4ccccc4)cccc23)cc1.Clc1ccc(-c2ccc(-c3cccc4c3oc3c(-c5ccccc5)cccc34)cc2)cc1.O[B]Oc1ccc(Cl)cc1. The molecule has 0 aliphatic heterocycles. The number of fused-ring (bicyclic) bond motifs is 6. The molecule has 0 amide bonds. The van der Waals surface area contributed by atoms with Gasteiger partial charge in [-0.05, 0) is 81.9 Å². The Labute approximate surface area is 413 Å². The van der Waals surface area contributed by atoms with Crippen LogP contribution in [0.4, 0.5) is 0 Å². The lowest BCUT2D eigenvalue weighted by atomic mass is 9.98. The van der Waals surface area contributed by atoms with Crippen molar-refractivity contribution in [3.63, 3.8) is 0 Å². The number of hydrogen-bond donors (Lipinski definition) is 1. The van der Waals surface area contributed by atoms with E-state index in [1.165, 1.54) is 5.56 Å². The van der Waals surface area contributed by atoms with Crippen molar-refractivity contribution in [2.45, 2.75) is 0 Å². The van der Waals surface area contributed by atoms with E-state index in [1.807, 2.05) is 36.4 Å². The summed E-state index contributed by atoms with van der Waals surface area (Å²) in [6, 6.07) is 77.9. The van der Waals surface area contributed by atoms with Crippen molar-refractivity contribution in [1.82, 2.24) is 0 Å². The lowest BCUT2D eigenvalue weighted by Crippen LogP contribution is -1.98. The second-order valence-electron chi connectivity index (χ2n) is 15.9. The van der Waals surface area contributed by atoms with Gasteiger partial charge in [0.05, 0.1) is 0 Å². The van der Waals surface area contributed by atoms with Crippen LogP contribution in [-0.2, 0) is 0 Å². The van der Waals surface area contributed by atoms with Crippen LogP contribution in [0.2, 0.25) is 10.0 Å². The molecule has 12 aromatic rings. The van der Waals surface area contributed by atoms with Gasteiger partial charge in [0.25, 0.3) is 0 Å². The first-order valence-corrected chi connectivity index (χ1v) is 23.5. The second-order valence-corrected chi connectivity index (χ2v) is 17.7. The standard InChI is InChI=1S/C30H19ClO.C24H15BrO.C6H5BClO2/c31-24-18-16-21(17-19-24)20-12-14-23(15-13-20)26-9-5-11-28-27-10-4-8-25(29(27)32-30(26)28)22-6-2-1-3-7-22;25-18-14-12-17(13-15-18)20-9-5-11-22-21-10-4-8-19(23(21)26-24(20)22)16-6-2-1-3-7-16;8-5-1-3-6(4-2-5)10-7-9/h1-19H;1-15H;1-4,9H. The number of para-hydroxylation sites is 4. The van der Waals surface area contributed by atoms with Gasteiger partial charge < -0.3 is 18.5 Å². The summed E-state index contributed by atoms with van der Waals surface area (Å²) in [7, 11) is 0.628. The minimum Gasteiger partial charge on any atom is -0.537 e. The third-order valence-electron chi connectivity index (χ3n) is 11.7. The summed E-state index contributed by atoms with van der Waals surface area (Å²) in [4.78, 5) is 0. The van der Waals surface area contributed by atoms with Crippen LogP contribution in [0.15, 0.2) is 244 Å². The van der Waals surface area contributed by atoms with E-state index in [2.05, 4.69) is 190 Å². The molecule has 2 heterocycles. The number of rotatable bonds is 7. The monoisotopic (exact) mass is 983 g/mol. The third kappa shape index (κ3) is 9.46. The van der Waals surface area contributed by atoms with Gasteiger partial charge in [0.1, 0.15) is 28.1 Å². The van der Waals surface area contributed by atoms with E-state index in [9.17, 15) is 0 Å². The fourth-order valence-electron chi connectivity index (χ4n) is 8.47. The predicted octanol–water partition coefficient (Wildman–Crippen LogP) is 18.2. The Morgan fingerprint density at radius 3 is 1.01 bits per heavy atom. The normalized spacial score (nSPS) is 10.9. The fourth-order valence-corrected chi connectivity index (χ4v) is 8.99. The van der Waals surface area contributed by atoms with Crippen molar-refractivity contribution in [2.24, 2.45) is 0 Å². The van der Waals surface area contributed by atoms with Crippen molar-refractivity contribution in [3.8, 4) is 61.4 Å². The Kier molecular flexibility index (Phi) is 13.3. The molecule has 68 heavy (non-hydrogen) atoms. The Hall–Kier alpha value is -7.32. The summed E-state index contributed by atoms with van der Waals surface area (Å²) in [5.41, 5.74) is 15.1. The highest BCUT2D eigenvalue weighted by molar-refractivity contribution is 9.10. The van der Waals surface area contributed by atoms with Crippen molar-refractivity contribution in [2.75, 3.05) is 0 Å². The Balaban J connectivity index is 0.000000134. The van der Waals surface area contributed by atoms with Crippen molar-refractivity contribution in [1.29, 1.82) is 0 Å². The molecule has 0 aliphatic carbocycles. The Bertz CT molecular complexity index is 3630. The molecule has 0 spiro atoms. The molecule has 0 aliphatic rings. The lowest BCUT2D eigenvalue weighted by Gasteiger charge is -2.06. The smallest absolute Gasteiger partial charge is 0.537 e. The minimum absolute atomic E-state index is 0.562. The van der Waals surface area contributed by atoms with Gasteiger partial charge in [0.2, 0.25) is 0 Å². The Morgan fingerprint density at radius 1 is 0.338 bits per heavy atom. The minimum atomic E-state index is 0.562. The third-order valence-corrected chi connectivity index (χ3v) is 12.8. The zero-order valence-electron chi connectivity index (χ0n) is 36.3. The molecule has 12 rings (SSSR count). The molecule has 327 valence electrons. The molecule has 0 bridgehead atoms. The topological polar surface area (TPSA) is 55.7 Å².